The average Bonchev–Trinajstić information content (AvgIpc) is 2.69. The molecular weight excluding hydrogens is 374 g/mol. The first-order chi connectivity index (χ1) is 13.5. The van der Waals surface area contributed by atoms with E-state index in [-0.39, 0.29) is 0 Å². The molecule has 28 heavy (non-hydrogen) atoms. The highest BCUT2D eigenvalue weighted by atomic mass is 35.5. The van der Waals surface area contributed by atoms with Gasteiger partial charge in [0.05, 0.1) is 5.52 Å². The highest BCUT2D eigenvalue weighted by molar-refractivity contribution is 6.30. The van der Waals surface area contributed by atoms with Gasteiger partial charge in [-0.25, -0.2) is 10.8 Å². The second-order valence-electron chi connectivity index (χ2n) is 6.84. The van der Waals surface area contributed by atoms with Gasteiger partial charge in [-0.05, 0) is 65.9 Å². The van der Waals surface area contributed by atoms with Gasteiger partial charge < -0.3 is 15.3 Å². The number of anilines is 1. The molecule has 2 aromatic carbocycles. The predicted molar refractivity (Wildman–Crippen MR) is 115 cm³/mol. The highest BCUT2D eigenvalue weighted by Crippen LogP contribution is 2.36. The molecule has 148 valence electrons. The minimum atomic E-state index is -0.855. The number of aliphatic hydroxyl groups is 1. The molecule has 0 bridgehead atoms. The van der Waals surface area contributed by atoms with E-state index in [0.29, 0.717) is 23.9 Å². The smallest absolute Gasteiger partial charge is 0.158 e. The fraction of sp³-hybridized carbons (Fsp3) is 0.318. The largest absolute Gasteiger partial charge is 0.368 e. The standard InChI is InChI=1S/C22H26ClN3O2/c1-3-4-11-28-21(27)13-18-14(2)12-19-17(9-10-20(25-19)26-24)22(18)15-5-7-16(23)8-6-15/h5-10,12,21,27H,3-4,11,13,24H2,1-2H3,(H,25,26). The third kappa shape index (κ3) is 4.62. The van der Waals surface area contributed by atoms with E-state index in [1.807, 2.05) is 49.4 Å². The maximum atomic E-state index is 10.4. The summed E-state index contributed by atoms with van der Waals surface area (Å²) in [6.07, 6.45) is 1.50. The average molecular weight is 400 g/mol. The predicted octanol–water partition coefficient (Wildman–Crippen LogP) is 4.83. The Morgan fingerprint density at radius 3 is 2.64 bits per heavy atom. The Bertz CT molecular complexity index is 945. The lowest BCUT2D eigenvalue weighted by Crippen LogP contribution is -2.17. The van der Waals surface area contributed by atoms with Crippen molar-refractivity contribution in [3.8, 4) is 11.1 Å². The van der Waals surface area contributed by atoms with Crippen molar-refractivity contribution < 1.29 is 9.84 Å². The number of pyridine rings is 1. The quantitative estimate of drug-likeness (QED) is 0.219. The van der Waals surface area contributed by atoms with Gasteiger partial charge in [-0.2, -0.15) is 0 Å². The summed E-state index contributed by atoms with van der Waals surface area (Å²) in [5, 5.41) is 12.1. The highest BCUT2D eigenvalue weighted by Gasteiger charge is 2.18. The van der Waals surface area contributed by atoms with E-state index in [4.69, 9.17) is 22.2 Å². The van der Waals surface area contributed by atoms with Crippen molar-refractivity contribution in [1.82, 2.24) is 4.98 Å². The molecule has 0 aliphatic carbocycles. The van der Waals surface area contributed by atoms with Crippen LogP contribution >= 0.6 is 11.6 Å². The lowest BCUT2D eigenvalue weighted by atomic mass is 9.90. The number of hydrogen-bond acceptors (Lipinski definition) is 5. The van der Waals surface area contributed by atoms with E-state index in [1.54, 1.807) is 0 Å². The van der Waals surface area contributed by atoms with E-state index in [0.717, 1.165) is 46.0 Å². The normalized spacial score (nSPS) is 12.3. The van der Waals surface area contributed by atoms with Crippen molar-refractivity contribution in [2.45, 2.75) is 39.4 Å². The first kappa shape index (κ1) is 20.6. The van der Waals surface area contributed by atoms with Crippen molar-refractivity contribution in [3.63, 3.8) is 0 Å². The third-order valence-electron chi connectivity index (χ3n) is 4.79. The number of rotatable bonds is 8. The number of aliphatic hydroxyl groups excluding tert-OH is 1. The van der Waals surface area contributed by atoms with Gasteiger partial charge in [-0.1, -0.05) is 37.1 Å². The van der Waals surface area contributed by atoms with Crippen LogP contribution in [0.3, 0.4) is 0 Å². The van der Waals surface area contributed by atoms with Crippen molar-refractivity contribution in [2.75, 3.05) is 12.0 Å². The minimum Gasteiger partial charge on any atom is -0.368 e. The maximum Gasteiger partial charge on any atom is 0.158 e. The Balaban J connectivity index is 2.11. The van der Waals surface area contributed by atoms with Gasteiger partial charge >= 0.3 is 0 Å². The fourth-order valence-corrected chi connectivity index (χ4v) is 3.46. The van der Waals surface area contributed by atoms with Crippen LogP contribution in [-0.2, 0) is 11.2 Å². The molecule has 0 saturated carbocycles. The van der Waals surface area contributed by atoms with Crippen LogP contribution in [-0.4, -0.2) is 23.0 Å². The Morgan fingerprint density at radius 2 is 1.96 bits per heavy atom. The van der Waals surface area contributed by atoms with Crippen LogP contribution in [0.2, 0.25) is 5.02 Å². The summed E-state index contributed by atoms with van der Waals surface area (Å²) >= 11 is 6.09. The van der Waals surface area contributed by atoms with Gasteiger partial charge in [0.1, 0.15) is 5.82 Å². The Hall–Kier alpha value is -2.18. The first-order valence-electron chi connectivity index (χ1n) is 9.49. The molecule has 0 fully saturated rings. The molecule has 1 atom stereocenters. The third-order valence-corrected chi connectivity index (χ3v) is 5.04. The molecular formula is C22H26ClN3O2. The van der Waals surface area contributed by atoms with Crippen molar-refractivity contribution in [1.29, 1.82) is 0 Å². The summed E-state index contributed by atoms with van der Waals surface area (Å²) in [5.41, 5.74) is 7.55. The second-order valence-corrected chi connectivity index (χ2v) is 7.28. The topological polar surface area (TPSA) is 80.4 Å². The summed E-state index contributed by atoms with van der Waals surface area (Å²) in [4.78, 5) is 4.58. The van der Waals surface area contributed by atoms with Crippen LogP contribution < -0.4 is 11.3 Å². The fourth-order valence-electron chi connectivity index (χ4n) is 3.34. The number of unbranched alkanes of at least 4 members (excludes halogenated alkanes) is 1. The number of fused-ring (bicyclic) bond motifs is 1. The lowest BCUT2D eigenvalue weighted by Gasteiger charge is -2.20. The number of hydrogen-bond donors (Lipinski definition) is 3. The molecule has 0 aliphatic heterocycles. The number of aromatic nitrogens is 1. The Kier molecular flexibility index (Phi) is 6.86. The van der Waals surface area contributed by atoms with Gasteiger partial charge in [0.2, 0.25) is 0 Å². The Morgan fingerprint density at radius 1 is 1.21 bits per heavy atom. The summed E-state index contributed by atoms with van der Waals surface area (Å²) in [6, 6.07) is 13.6. The zero-order valence-electron chi connectivity index (χ0n) is 16.2. The number of nitrogens with two attached hydrogens (primary N) is 1. The molecule has 0 aliphatic rings. The van der Waals surface area contributed by atoms with Crippen LogP contribution in [0.4, 0.5) is 5.82 Å². The van der Waals surface area contributed by atoms with E-state index in [9.17, 15) is 5.11 Å². The van der Waals surface area contributed by atoms with Crippen LogP contribution in [0.25, 0.3) is 22.0 Å². The first-order valence-corrected chi connectivity index (χ1v) is 9.86. The van der Waals surface area contributed by atoms with Crippen LogP contribution in [0.5, 0.6) is 0 Å². The number of benzene rings is 2. The van der Waals surface area contributed by atoms with Crippen LogP contribution in [0.15, 0.2) is 42.5 Å². The number of aryl methyl sites for hydroxylation is 1. The monoisotopic (exact) mass is 399 g/mol. The number of nitrogens with one attached hydrogen (secondary N) is 1. The summed E-state index contributed by atoms with van der Waals surface area (Å²) in [6.45, 7) is 4.67. The van der Waals surface area contributed by atoms with Crippen molar-refractivity contribution >= 4 is 28.3 Å². The summed E-state index contributed by atoms with van der Waals surface area (Å²) in [7, 11) is 0. The molecule has 0 spiro atoms. The number of hydrazine groups is 1. The van der Waals surface area contributed by atoms with E-state index >= 15 is 0 Å². The zero-order valence-corrected chi connectivity index (χ0v) is 17.0. The minimum absolute atomic E-state index is 0.403. The molecule has 1 unspecified atom stereocenters. The van der Waals surface area contributed by atoms with Gasteiger partial charge in [-0.3, -0.25) is 0 Å². The molecule has 3 aromatic rings. The van der Waals surface area contributed by atoms with Gasteiger partial charge in [0, 0.05) is 23.4 Å². The van der Waals surface area contributed by atoms with E-state index in [1.165, 1.54) is 0 Å². The van der Waals surface area contributed by atoms with Crippen molar-refractivity contribution in [3.05, 3.63) is 58.6 Å². The zero-order chi connectivity index (χ0) is 20.1. The molecule has 0 amide bonds. The van der Waals surface area contributed by atoms with E-state index in [2.05, 4.69) is 17.3 Å². The van der Waals surface area contributed by atoms with Crippen LogP contribution in [0.1, 0.15) is 30.9 Å². The number of halogens is 1. The number of nitrogens with zero attached hydrogens (tertiary/aromatic N) is 1. The summed E-state index contributed by atoms with van der Waals surface area (Å²) < 4.78 is 5.59. The molecule has 5 nitrogen and oxygen atoms in total. The molecule has 0 radical (unpaired) electrons. The second kappa shape index (κ2) is 9.34. The van der Waals surface area contributed by atoms with Gasteiger partial charge in [0.15, 0.2) is 6.29 Å². The molecule has 1 aromatic heterocycles. The number of nitrogen functional groups attached to an aromatic ring is 1. The SMILES string of the molecule is CCCCOC(O)Cc1c(C)cc2nc(NN)ccc2c1-c1ccc(Cl)cc1. The number of ether oxygens (including phenoxy) is 1. The van der Waals surface area contributed by atoms with Gasteiger partial charge in [0.25, 0.3) is 0 Å². The molecule has 1 heterocycles. The Labute approximate surface area is 170 Å². The van der Waals surface area contributed by atoms with Crippen LogP contribution in [0, 0.1) is 6.92 Å². The van der Waals surface area contributed by atoms with Gasteiger partial charge in [-0.15, -0.1) is 0 Å². The molecule has 6 heteroatoms. The van der Waals surface area contributed by atoms with E-state index < -0.39 is 6.29 Å². The molecule has 4 N–H and O–H groups in total. The lowest BCUT2D eigenvalue weighted by molar-refractivity contribution is -0.0980. The molecule has 0 saturated heterocycles. The summed E-state index contributed by atoms with van der Waals surface area (Å²) in [5.74, 6) is 6.12. The van der Waals surface area contributed by atoms with Crippen molar-refractivity contribution in [2.24, 2.45) is 5.84 Å². The maximum absolute atomic E-state index is 10.4. The molecule has 3 rings (SSSR count).